The van der Waals surface area contributed by atoms with Crippen molar-refractivity contribution in [1.29, 1.82) is 0 Å². The van der Waals surface area contributed by atoms with Crippen molar-refractivity contribution in [2.75, 3.05) is 37.6 Å². The maximum atomic E-state index is 11.9. The van der Waals surface area contributed by atoms with E-state index in [4.69, 9.17) is 12.2 Å². The zero-order valence-corrected chi connectivity index (χ0v) is 18.6. The van der Waals surface area contributed by atoms with E-state index in [0.29, 0.717) is 26.1 Å². The van der Waals surface area contributed by atoms with Gasteiger partial charge in [0.25, 0.3) is 5.91 Å². The molecule has 2 fully saturated rings. The lowest BCUT2D eigenvalue weighted by Crippen LogP contribution is -2.46. The van der Waals surface area contributed by atoms with Crippen LogP contribution in [0.25, 0.3) is 22.9 Å². The summed E-state index contributed by atoms with van der Waals surface area (Å²) in [4.78, 5) is 22.0. The van der Waals surface area contributed by atoms with Crippen LogP contribution in [0.4, 0.5) is 5.69 Å². The quantitative estimate of drug-likeness (QED) is 0.479. The van der Waals surface area contributed by atoms with Gasteiger partial charge in [0.15, 0.2) is 5.65 Å². The Morgan fingerprint density at radius 2 is 1.84 bits per heavy atom. The van der Waals surface area contributed by atoms with E-state index in [9.17, 15) is 4.79 Å². The van der Waals surface area contributed by atoms with Crippen LogP contribution in [0.3, 0.4) is 0 Å². The summed E-state index contributed by atoms with van der Waals surface area (Å²) in [6.07, 6.45) is 1.73. The first kappa shape index (κ1) is 20.1. The van der Waals surface area contributed by atoms with Crippen molar-refractivity contribution in [3.05, 3.63) is 47.0 Å². The zero-order valence-electron chi connectivity index (χ0n) is 17.0. The van der Waals surface area contributed by atoms with Gasteiger partial charge in [0.05, 0.1) is 16.3 Å². The molecule has 0 radical (unpaired) electrons. The summed E-state index contributed by atoms with van der Waals surface area (Å²) >= 11 is 6.29. The number of carbonyl (C=O) groups is 1. The van der Waals surface area contributed by atoms with Crippen LogP contribution in [-0.4, -0.2) is 67.8 Å². The fourth-order valence-corrected chi connectivity index (χ4v) is 4.79. The fourth-order valence-electron chi connectivity index (χ4n) is 3.76. The third-order valence-electron chi connectivity index (χ3n) is 5.52. The number of fused-ring (bicyclic) bond motifs is 1. The third kappa shape index (κ3) is 4.06. The van der Waals surface area contributed by atoms with E-state index < -0.39 is 0 Å². The summed E-state index contributed by atoms with van der Waals surface area (Å²) in [5, 5.41) is 11.1. The Labute approximate surface area is 189 Å². The second kappa shape index (κ2) is 8.37. The summed E-state index contributed by atoms with van der Waals surface area (Å²) < 4.78 is 2.18. The Morgan fingerprint density at radius 1 is 1.10 bits per heavy atom. The molecule has 0 saturated carbocycles. The van der Waals surface area contributed by atoms with Crippen molar-refractivity contribution >= 4 is 57.1 Å². The molecule has 0 unspecified atom stereocenters. The number of carbonyl (C=O) groups excluding carboxylic acids is 1. The molecule has 1 aromatic carbocycles. The van der Waals surface area contributed by atoms with Crippen molar-refractivity contribution in [2.45, 2.75) is 6.92 Å². The molecule has 2 saturated heterocycles. The highest BCUT2D eigenvalue weighted by Gasteiger charge is 2.22. The Balaban J connectivity index is 1.41. The van der Waals surface area contributed by atoms with Crippen LogP contribution in [0, 0.1) is 0 Å². The highest BCUT2D eigenvalue weighted by molar-refractivity contribution is 8.26. The molecule has 3 aromatic rings. The van der Waals surface area contributed by atoms with E-state index in [2.05, 4.69) is 49.5 Å². The van der Waals surface area contributed by atoms with Crippen molar-refractivity contribution in [3.8, 4) is 5.69 Å². The van der Waals surface area contributed by atoms with Crippen LogP contribution in [0.5, 0.6) is 0 Å². The maximum Gasteiger partial charge on any atom is 0.263 e. The highest BCUT2D eigenvalue weighted by Crippen LogP contribution is 2.26. The molecule has 0 spiro atoms. The second-order valence-electron chi connectivity index (χ2n) is 7.37. The van der Waals surface area contributed by atoms with Crippen LogP contribution < -0.4 is 10.2 Å². The molecule has 0 bridgehead atoms. The van der Waals surface area contributed by atoms with Crippen molar-refractivity contribution in [1.82, 2.24) is 30.2 Å². The summed E-state index contributed by atoms with van der Waals surface area (Å²) in [5.41, 5.74) is 4.10. The lowest BCUT2D eigenvalue weighted by Gasteiger charge is -2.35. The standard InChI is InChI=1S/C21H21N7OS2/c1-2-26-9-11-27(12-10-26)15-4-6-16(7-5-15)28-19-17(24-25-28)8-3-14(22-19)13-18-20(29)23-21(30)31-18/h3-8,13H,2,9-12H2,1H3,(H,23,29,30)/b18-13-. The SMILES string of the molecule is CCN1CCN(c2ccc(-n3nnc4ccc(/C=C5\SC(=S)NC5=O)nc43)cc2)CC1. The van der Waals surface area contributed by atoms with Gasteiger partial charge in [-0.2, -0.15) is 4.68 Å². The Kier molecular flexibility index (Phi) is 5.43. The van der Waals surface area contributed by atoms with Crippen molar-refractivity contribution < 1.29 is 4.79 Å². The van der Waals surface area contributed by atoms with Crippen LogP contribution >= 0.6 is 24.0 Å². The third-order valence-corrected chi connectivity index (χ3v) is 6.68. The lowest BCUT2D eigenvalue weighted by molar-refractivity contribution is -0.115. The number of thioether (sulfide) groups is 1. The highest BCUT2D eigenvalue weighted by atomic mass is 32.2. The van der Waals surface area contributed by atoms with Gasteiger partial charge in [0.1, 0.15) is 9.84 Å². The van der Waals surface area contributed by atoms with Crippen LogP contribution in [0.1, 0.15) is 12.6 Å². The summed E-state index contributed by atoms with van der Waals surface area (Å²) in [6.45, 7) is 7.57. The monoisotopic (exact) mass is 451 g/mol. The van der Waals surface area contributed by atoms with Gasteiger partial charge in [-0.05, 0) is 49.0 Å². The van der Waals surface area contributed by atoms with Crippen LogP contribution in [-0.2, 0) is 4.79 Å². The Bertz CT molecular complexity index is 1180. The van der Waals surface area contributed by atoms with Crippen LogP contribution in [0.15, 0.2) is 41.3 Å². The molecule has 8 nitrogen and oxygen atoms in total. The zero-order chi connectivity index (χ0) is 21.4. The molecule has 2 aliphatic rings. The molecule has 1 amide bonds. The minimum absolute atomic E-state index is 0.195. The predicted molar refractivity (Wildman–Crippen MR) is 127 cm³/mol. The maximum absolute atomic E-state index is 11.9. The first-order valence-corrected chi connectivity index (χ1v) is 11.4. The average molecular weight is 452 g/mol. The minimum atomic E-state index is -0.195. The topological polar surface area (TPSA) is 79.2 Å². The number of nitrogens with zero attached hydrogens (tertiary/aromatic N) is 6. The molecule has 2 aromatic heterocycles. The molecule has 158 valence electrons. The van der Waals surface area contributed by atoms with E-state index >= 15 is 0 Å². The molecule has 4 heterocycles. The molecule has 0 aliphatic carbocycles. The Morgan fingerprint density at radius 3 is 2.52 bits per heavy atom. The average Bonchev–Trinajstić information content (AvgIpc) is 3.36. The molecule has 10 heteroatoms. The number of amides is 1. The van der Waals surface area contributed by atoms with E-state index in [-0.39, 0.29) is 5.91 Å². The van der Waals surface area contributed by atoms with Gasteiger partial charge in [-0.15, -0.1) is 5.10 Å². The summed E-state index contributed by atoms with van der Waals surface area (Å²) in [6, 6.07) is 12.0. The van der Waals surface area contributed by atoms with E-state index in [1.54, 1.807) is 10.8 Å². The largest absolute Gasteiger partial charge is 0.369 e. The number of hydrogen-bond acceptors (Lipinski definition) is 8. The van der Waals surface area contributed by atoms with E-state index in [0.717, 1.165) is 38.4 Å². The van der Waals surface area contributed by atoms with Gasteiger partial charge in [-0.25, -0.2) is 4.98 Å². The predicted octanol–water partition coefficient (Wildman–Crippen LogP) is 2.45. The number of pyridine rings is 1. The number of anilines is 1. The van der Waals surface area contributed by atoms with Crippen LogP contribution in [0.2, 0.25) is 0 Å². The van der Waals surface area contributed by atoms with Gasteiger partial charge >= 0.3 is 0 Å². The number of thiocarbonyl (C=S) groups is 1. The second-order valence-corrected chi connectivity index (χ2v) is 9.09. The van der Waals surface area contributed by atoms with Gasteiger partial charge in [0, 0.05) is 31.9 Å². The van der Waals surface area contributed by atoms with Gasteiger partial charge in [0.2, 0.25) is 0 Å². The molecular formula is C21H21N7OS2. The lowest BCUT2D eigenvalue weighted by atomic mass is 10.2. The van der Waals surface area contributed by atoms with Gasteiger partial charge in [-0.3, -0.25) is 4.79 Å². The molecule has 0 atom stereocenters. The smallest absolute Gasteiger partial charge is 0.263 e. The van der Waals surface area contributed by atoms with Gasteiger partial charge in [-0.1, -0.05) is 36.1 Å². The number of hydrogen-bond donors (Lipinski definition) is 1. The first-order valence-electron chi connectivity index (χ1n) is 10.2. The van der Waals surface area contributed by atoms with Crippen molar-refractivity contribution in [2.24, 2.45) is 0 Å². The van der Waals surface area contributed by atoms with Crippen molar-refractivity contribution in [3.63, 3.8) is 0 Å². The Hall–Kier alpha value is -2.82. The van der Waals surface area contributed by atoms with Gasteiger partial charge < -0.3 is 15.1 Å². The minimum Gasteiger partial charge on any atom is -0.369 e. The summed E-state index contributed by atoms with van der Waals surface area (Å²) in [5.74, 6) is -0.195. The van der Waals surface area contributed by atoms with E-state index in [1.165, 1.54) is 17.4 Å². The van der Waals surface area contributed by atoms with E-state index in [1.807, 2.05) is 24.3 Å². The number of piperazine rings is 1. The fraction of sp³-hybridized carbons (Fsp3) is 0.286. The normalized spacial score (nSPS) is 18.9. The molecule has 2 aliphatic heterocycles. The number of likely N-dealkylation sites (N-methyl/N-ethyl adjacent to an activating group) is 1. The number of benzene rings is 1. The first-order chi connectivity index (χ1) is 15.1. The molecule has 1 N–H and O–H groups in total. The molecule has 31 heavy (non-hydrogen) atoms. The molecule has 5 rings (SSSR count). The number of nitrogens with one attached hydrogen (secondary N) is 1. The summed E-state index contributed by atoms with van der Waals surface area (Å²) in [7, 11) is 0. The number of aromatic nitrogens is 4. The molecular weight excluding hydrogens is 430 g/mol. The number of rotatable bonds is 4.